The summed E-state index contributed by atoms with van der Waals surface area (Å²) in [5, 5.41) is 0. The quantitative estimate of drug-likeness (QED) is 0.568. The Balaban J connectivity index is 2.37. The molecule has 2 rings (SSSR count). The Bertz CT molecular complexity index is 757. The van der Waals surface area contributed by atoms with Gasteiger partial charge in [0.2, 0.25) is 10.0 Å². The van der Waals surface area contributed by atoms with Crippen molar-refractivity contribution in [3.63, 3.8) is 0 Å². The first-order chi connectivity index (χ1) is 11.8. The van der Waals surface area contributed by atoms with Crippen molar-refractivity contribution in [1.29, 1.82) is 0 Å². The van der Waals surface area contributed by atoms with Crippen molar-refractivity contribution in [2.45, 2.75) is 50.7 Å². The molecule has 0 atom stereocenters. The zero-order valence-corrected chi connectivity index (χ0v) is 15.7. The van der Waals surface area contributed by atoms with Crippen LogP contribution in [0.1, 0.15) is 40.0 Å². The van der Waals surface area contributed by atoms with Gasteiger partial charge in [0.25, 0.3) is 0 Å². The molecular formula is C19H25NO4S. The fourth-order valence-electron chi connectivity index (χ4n) is 2.83. The minimum atomic E-state index is -3.81. The average molecular weight is 363 g/mol. The van der Waals surface area contributed by atoms with Crippen molar-refractivity contribution in [3.8, 4) is 0 Å². The van der Waals surface area contributed by atoms with E-state index < -0.39 is 15.7 Å². The molecule has 1 aliphatic carbocycles. The summed E-state index contributed by atoms with van der Waals surface area (Å²) in [6.07, 6.45) is 5.68. The monoisotopic (exact) mass is 363 g/mol. The number of benzene rings is 1. The van der Waals surface area contributed by atoms with E-state index in [1.54, 1.807) is 32.0 Å². The highest BCUT2D eigenvalue weighted by molar-refractivity contribution is 7.89. The molecule has 0 aliphatic heterocycles. The van der Waals surface area contributed by atoms with Crippen LogP contribution in [0.25, 0.3) is 0 Å². The molecule has 1 aliphatic rings. The van der Waals surface area contributed by atoms with Crippen LogP contribution in [-0.4, -0.2) is 26.5 Å². The summed E-state index contributed by atoms with van der Waals surface area (Å²) in [5.41, 5.74) is -0.252. The molecule has 6 heteroatoms. The molecule has 136 valence electrons. The number of carbonyl (C=O) groups excluding carboxylic acids is 1. The number of hydrogen-bond acceptors (Lipinski definition) is 4. The van der Waals surface area contributed by atoms with E-state index >= 15 is 0 Å². The lowest BCUT2D eigenvalue weighted by atomic mass is 9.90. The van der Waals surface area contributed by atoms with Crippen molar-refractivity contribution in [2.24, 2.45) is 0 Å². The molecule has 0 bridgehead atoms. The normalized spacial score (nSPS) is 17.2. The number of ether oxygens (including phenoxy) is 1. The summed E-state index contributed by atoms with van der Waals surface area (Å²) in [5.74, 6) is -0.165. The minimum Gasteiger partial charge on any atom is -0.352 e. The molecule has 0 saturated carbocycles. The summed E-state index contributed by atoms with van der Waals surface area (Å²) in [6.45, 7) is 5.91. The Labute approximate surface area is 149 Å². The fraction of sp³-hybridized carbons (Fsp3) is 0.421. The molecule has 0 fully saturated rings. The van der Waals surface area contributed by atoms with Crippen LogP contribution in [0.2, 0.25) is 0 Å². The van der Waals surface area contributed by atoms with E-state index in [-0.39, 0.29) is 10.7 Å². The lowest BCUT2D eigenvalue weighted by molar-refractivity contribution is -0.111. The van der Waals surface area contributed by atoms with E-state index in [0.29, 0.717) is 17.8 Å². The molecule has 1 aromatic carbocycles. The van der Waals surface area contributed by atoms with E-state index in [1.165, 1.54) is 24.3 Å². The predicted octanol–water partition coefficient (Wildman–Crippen LogP) is 3.34. The Hall–Kier alpha value is -1.76. The van der Waals surface area contributed by atoms with Crippen LogP contribution in [0.4, 0.5) is 0 Å². The maximum atomic E-state index is 12.8. The topological polar surface area (TPSA) is 72.5 Å². The Morgan fingerprint density at radius 3 is 2.20 bits per heavy atom. The second kappa shape index (κ2) is 8.08. The third-order valence-electron chi connectivity index (χ3n) is 4.23. The third kappa shape index (κ3) is 4.45. The molecule has 25 heavy (non-hydrogen) atoms. The molecule has 1 N–H and O–H groups in total. The maximum Gasteiger partial charge on any atom is 0.243 e. The first-order valence-corrected chi connectivity index (χ1v) is 9.94. The molecule has 0 radical (unpaired) electrons. The van der Waals surface area contributed by atoms with Crippen molar-refractivity contribution in [3.05, 3.63) is 53.6 Å². The van der Waals surface area contributed by atoms with E-state index in [0.717, 1.165) is 19.3 Å². The smallest absolute Gasteiger partial charge is 0.243 e. The van der Waals surface area contributed by atoms with Crippen LogP contribution < -0.4 is 4.72 Å². The van der Waals surface area contributed by atoms with E-state index in [1.807, 2.05) is 0 Å². The average Bonchev–Trinajstić information content (AvgIpc) is 2.57. The third-order valence-corrected chi connectivity index (χ3v) is 5.68. The van der Waals surface area contributed by atoms with Gasteiger partial charge in [-0.25, -0.2) is 8.42 Å². The van der Waals surface area contributed by atoms with Gasteiger partial charge in [-0.2, -0.15) is 4.72 Å². The Morgan fingerprint density at radius 1 is 1.04 bits per heavy atom. The first-order valence-electron chi connectivity index (χ1n) is 8.46. The second-order valence-electron chi connectivity index (χ2n) is 6.21. The standard InChI is InChI=1S/C19H25NO4S/c1-4-5-9-12-24-19(15(2)13-17(21)14-16(19)3)20-25(22,23)18-10-7-6-8-11-18/h6-8,10-11,13-14,20H,4-5,9,12H2,1-3H3. The summed E-state index contributed by atoms with van der Waals surface area (Å²) in [7, 11) is -3.81. The largest absolute Gasteiger partial charge is 0.352 e. The van der Waals surface area contributed by atoms with E-state index in [9.17, 15) is 13.2 Å². The maximum absolute atomic E-state index is 12.8. The molecule has 0 aromatic heterocycles. The number of unbranched alkanes of at least 4 members (excludes halogenated alkanes) is 2. The SMILES string of the molecule is CCCCCOC1(NS(=O)(=O)c2ccccc2)C(C)=CC(=O)C=C1C. The zero-order chi connectivity index (χ0) is 18.5. The highest BCUT2D eigenvalue weighted by Gasteiger charge is 2.42. The van der Waals surface area contributed by atoms with Gasteiger partial charge in [-0.1, -0.05) is 38.0 Å². The van der Waals surface area contributed by atoms with Crippen LogP contribution >= 0.6 is 0 Å². The van der Waals surface area contributed by atoms with Gasteiger partial charge in [0.1, 0.15) is 0 Å². The van der Waals surface area contributed by atoms with Crippen LogP contribution in [0, 0.1) is 0 Å². The van der Waals surface area contributed by atoms with Gasteiger partial charge < -0.3 is 4.74 Å². The van der Waals surface area contributed by atoms with Gasteiger partial charge in [0, 0.05) is 6.61 Å². The van der Waals surface area contributed by atoms with Crippen LogP contribution in [0.5, 0.6) is 0 Å². The number of ketones is 1. The number of hydrogen-bond donors (Lipinski definition) is 1. The van der Waals surface area contributed by atoms with Crippen LogP contribution in [0.15, 0.2) is 58.5 Å². The summed E-state index contributed by atoms with van der Waals surface area (Å²) < 4.78 is 34.4. The summed E-state index contributed by atoms with van der Waals surface area (Å²) >= 11 is 0. The Kier molecular flexibility index (Phi) is 6.32. The van der Waals surface area contributed by atoms with Crippen molar-refractivity contribution < 1.29 is 17.9 Å². The van der Waals surface area contributed by atoms with Crippen molar-refractivity contribution in [1.82, 2.24) is 4.72 Å². The number of rotatable bonds is 8. The molecule has 0 spiro atoms. The molecule has 1 aromatic rings. The van der Waals surface area contributed by atoms with Gasteiger partial charge >= 0.3 is 0 Å². The molecule has 0 unspecified atom stereocenters. The van der Waals surface area contributed by atoms with E-state index in [4.69, 9.17) is 4.74 Å². The summed E-state index contributed by atoms with van der Waals surface area (Å²) in [6, 6.07) is 8.14. The summed E-state index contributed by atoms with van der Waals surface area (Å²) in [4.78, 5) is 12.0. The molecule has 0 saturated heterocycles. The van der Waals surface area contributed by atoms with Gasteiger partial charge in [0.05, 0.1) is 4.90 Å². The number of allylic oxidation sites excluding steroid dienone is 2. The van der Waals surface area contributed by atoms with Gasteiger partial charge in [-0.05, 0) is 55.7 Å². The van der Waals surface area contributed by atoms with E-state index in [2.05, 4.69) is 11.6 Å². The van der Waals surface area contributed by atoms with Gasteiger partial charge in [-0.15, -0.1) is 0 Å². The highest BCUT2D eigenvalue weighted by atomic mass is 32.2. The number of sulfonamides is 1. The van der Waals surface area contributed by atoms with Crippen molar-refractivity contribution >= 4 is 15.8 Å². The minimum absolute atomic E-state index is 0.157. The number of carbonyl (C=O) groups is 1. The van der Waals surface area contributed by atoms with Crippen molar-refractivity contribution in [2.75, 3.05) is 6.61 Å². The molecule has 0 amide bonds. The van der Waals surface area contributed by atoms with Gasteiger partial charge in [0.15, 0.2) is 11.5 Å². The van der Waals surface area contributed by atoms with Gasteiger partial charge in [-0.3, -0.25) is 4.79 Å². The highest BCUT2D eigenvalue weighted by Crippen LogP contribution is 2.32. The zero-order valence-electron chi connectivity index (χ0n) is 14.9. The molecule has 0 heterocycles. The lowest BCUT2D eigenvalue weighted by Gasteiger charge is -2.38. The van der Waals surface area contributed by atoms with Crippen LogP contribution in [-0.2, 0) is 19.6 Å². The molecule has 5 nitrogen and oxygen atoms in total. The number of nitrogens with one attached hydrogen (secondary N) is 1. The second-order valence-corrected chi connectivity index (χ2v) is 7.89. The van der Waals surface area contributed by atoms with Crippen LogP contribution in [0.3, 0.4) is 0 Å². The lowest BCUT2D eigenvalue weighted by Crippen LogP contribution is -2.53. The predicted molar refractivity (Wildman–Crippen MR) is 97.5 cm³/mol. The first kappa shape index (κ1) is 19.6. The molecular weight excluding hydrogens is 338 g/mol. The fourth-order valence-corrected chi connectivity index (χ4v) is 4.22. The Morgan fingerprint density at radius 2 is 1.64 bits per heavy atom.